The molecule has 0 aliphatic carbocycles. The van der Waals surface area contributed by atoms with Crippen molar-refractivity contribution in [3.05, 3.63) is 95.3 Å². The summed E-state index contributed by atoms with van der Waals surface area (Å²) in [6.07, 6.45) is 6.47. The van der Waals surface area contributed by atoms with E-state index in [1.165, 1.54) is 6.08 Å². The molecule has 3 rings (SSSR count). The lowest BCUT2D eigenvalue weighted by molar-refractivity contribution is -0.111. The first-order chi connectivity index (χ1) is 13.5. The molecule has 0 unspecified atom stereocenters. The molecule has 0 bridgehead atoms. The van der Waals surface area contributed by atoms with Crippen molar-refractivity contribution in [1.29, 1.82) is 0 Å². The van der Waals surface area contributed by atoms with Gasteiger partial charge in [0.1, 0.15) is 0 Å². The van der Waals surface area contributed by atoms with Gasteiger partial charge in [-0.05, 0) is 61.4 Å². The van der Waals surface area contributed by atoms with Gasteiger partial charge in [-0.25, -0.2) is 0 Å². The molecule has 3 aromatic rings. The molecule has 0 spiro atoms. The maximum atomic E-state index is 12.5. The Labute approximate surface area is 164 Å². The largest absolute Gasteiger partial charge is 0.322 e. The first-order valence-corrected chi connectivity index (χ1v) is 8.89. The minimum absolute atomic E-state index is 0.231. The maximum absolute atomic E-state index is 12.5. The molecule has 2 amide bonds. The molecule has 0 fully saturated rings. The van der Waals surface area contributed by atoms with Crippen molar-refractivity contribution < 1.29 is 9.59 Å². The van der Waals surface area contributed by atoms with Gasteiger partial charge in [-0.2, -0.15) is 0 Å². The van der Waals surface area contributed by atoms with E-state index in [4.69, 9.17) is 0 Å². The molecule has 140 valence electrons. The van der Waals surface area contributed by atoms with Crippen molar-refractivity contribution in [2.75, 3.05) is 10.6 Å². The van der Waals surface area contributed by atoms with Crippen molar-refractivity contribution in [1.82, 2.24) is 4.98 Å². The van der Waals surface area contributed by atoms with E-state index in [1.54, 1.807) is 36.7 Å². The molecule has 0 aliphatic heterocycles. The van der Waals surface area contributed by atoms with Gasteiger partial charge < -0.3 is 10.6 Å². The minimum Gasteiger partial charge on any atom is -0.322 e. The second-order valence-corrected chi connectivity index (χ2v) is 6.46. The lowest BCUT2D eigenvalue weighted by Crippen LogP contribution is -2.14. The number of aryl methyl sites for hydroxylation is 2. The van der Waals surface area contributed by atoms with E-state index >= 15 is 0 Å². The van der Waals surface area contributed by atoms with Crippen LogP contribution in [-0.2, 0) is 4.79 Å². The third-order valence-corrected chi connectivity index (χ3v) is 4.18. The summed E-state index contributed by atoms with van der Waals surface area (Å²) in [7, 11) is 0. The summed E-state index contributed by atoms with van der Waals surface area (Å²) >= 11 is 0. The molecule has 2 aromatic carbocycles. The summed E-state index contributed by atoms with van der Waals surface area (Å²) in [6.45, 7) is 3.87. The first kappa shape index (κ1) is 19.0. The van der Waals surface area contributed by atoms with Crippen LogP contribution in [-0.4, -0.2) is 16.8 Å². The summed E-state index contributed by atoms with van der Waals surface area (Å²) in [6, 6.07) is 16.5. The topological polar surface area (TPSA) is 71.1 Å². The fourth-order valence-corrected chi connectivity index (χ4v) is 2.56. The Morgan fingerprint density at radius 1 is 0.964 bits per heavy atom. The van der Waals surface area contributed by atoms with Gasteiger partial charge in [-0.15, -0.1) is 0 Å². The Morgan fingerprint density at radius 3 is 2.46 bits per heavy atom. The van der Waals surface area contributed by atoms with Crippen LogP contribution in [0.5, 0.6) is 0 Å². The molecule has 0 aliphatic rings. The molecule has 5 nitrogen and oxygen atoms in total. The molecule has 5 heteroatoms. The van der Waals surface area contributed by atoms with Crippen LogP contribution in [0.1, 0.15) is 27.0 Å². The number of aromatic nitrogens is 1. The highest BCUT2D eigenvalue weighted by Crippen LogP contribution is 2.19. The predicted octanol–water partition coefficient (Wildman–Crippen LogP) is 4.60. The molecule has 2 N–H and O–H groups in total. The number of carbonyl (C=O) groups is 2. The number of carbonyl (C=O) groups excluding carboxylic acids is 2. The number of nitrogens with zero attached hydrogens (tertiary/aromatic N) is 1. The Hall–Kier alpha value is -3.73. The number of rotatable bonds is 5. The average Bonchev–Trinajstić information content (AvgIpc) is 2.70. The zero-order chi connectivity index (χ0) is 19.9. The summed E-state index contributed by atoms with van der Waals surface area (Å²) in [5.74, 6) is -0.506. The number of benzene rings is 2. The maximum Gasteiger partial charge on any atom is 0.255 e. The van der Waals surface area contributed by atoms with Gasteiger partial charge in [0.2, 0.25) is 5.91 Å². The van der Waals surface area contributed by atoms with E-state index in [1.807, 2.05) is 50.2 Å². The van der Waals surface area contributed by atoms with E-state index in [-0.39, 0.29) is 11.8 Å². The molecular weight excluding hydrogens is 350 g/mol. The van der Waals surface area contributed by atoms with Crippen LogP contribution in [0.4, 0.5) is 11.4 Å². The normalized spacial score (nSPS) is 10.6. The van der Waals surface area contributed by atoms with Crippen LogP contribution in [0.3, 0.4) is 0 Å². The summed E-state index contributed by atoms with van der Waals surface area (Å²) in [5, 5.41) is 5.68. The summed E-state index contributed by atoms with van der Waals surface area (Å²) < 4.78 is 0. The zero-order valence-corrected chi connectivity index (χ0v) is 15.8. The highest BCUT2D eigenvalue weighted by Gasteiger charge is 2.10. The van der Waals surface area contributed by atoms with Gasteiger partial charge in [0.25, 0.3) is 5.91 Å². The van der Waals surface area contributed by atoms with Crippen LogP contribution in [0, 0.1) is 13.8 Å². The SMILES string of the molecule is Cc1ccc(NC(=O)c2ccc(C)c(NC(=O)/C=C/c3cccnc3)c2)cc1. The second kappa shape index (κ2) is 8.77. The third kappa shape index (κ3) is 5.14. The Balaban J connectivity index is 1.70. The predicted molar refractivity (Wildman–Crippen MR) is 112 cm³/mol. The second-order valence-electron chi connectivity index (χ2n) is 6.46. The summed E-state index contributed by atoms with van der Waals surface area (Å²) in [5.41, 5.74) is 4.62. The van der Waals surface area contributed by atoms with Crippen LogP contribution in [0.15, 0.2) is 73.1 Å². The minimum atomic E-state index is -0.275. The van der Waals surface area contributed by atoms with Gasteiger partial charge in [0, 0.05) is 35.4 Å². The van der Waals surface area contributed by atoms with Gasteiger partial charge in [-0.3, -0.25) is 14.6 Å². The number of hydrogen-bond acceptors (Lipinski definition) is 3. The van der Waals surface area contributed by atoms with Crippen LogP contribution < -0.4 is 10.6 Å². The van der Waals surface area contributed by atoms with Gasteiger partial charge in [0.05, 0.1) is 0 Å². The molecule has 28 heavy (non-hydrogen) atoms. The number of amides is 2. The fraction of sp³-hybridized carbons (Fsp3) is 0.0870. The molecular formula is C23H21N3O2. The Bertz CT molecular complexity index is 1010. The number of pyridine rings is 1. The quantitative estimate of drug-likeness (QED) is 0.644. The third-order valence-electron chi connectivity index (χ3n) is 4.18. The van der Waals surface area contributed by atoms with E-state index < -0.39 is 0 Å². The Morgan fingerprint density at radius 2 is 1.75 bits per heavy atom. The fourth-order valence-electron chi connectivity index (χ4n) is 2.56. The van der Waals surface area contributed by atoms with Crippen molar-refractivity contribution in [3.8, 4) is 0 Å². The summed E-state index contributed by atoms with van der Waals surface area (Å²) in [4.78, 5) is 28.7. The average molecular weight is 371 g/mol. The molecule has 1 heterocycles. The van der Waals surface area contributed by atoms with Crippen molar-refractivity contribution >= 4 is 29.3 Å². The monoisotopic (exact) mass is 371 g/mol. The lowest BCUT2D eigenvalue weighted by atomic mass is 10.1. The highest BCUT2D eigenvalue weighted by molar-refractivity contribution is 6.07. The van der Waals surface area contributed by atoms with E-state index in [9.17, 15) is 9.59 Å². The van der Waals surface area contributed by atoms with Crippen molar-refractivity contribution in [2.45, 2.75) is 13.8 Å². The van der Waals surface area contributed by atoms with Crippen molar-refractivity contribution in [2.24, 2.45) is 0 Å². The molecule has 0 saturated heterocycles. The zero-order valence-electron chi connectivity index (χ0n) is 15.8. The van der Waals surface area contributed by atoms with E-state index in [2.05, 4.69) is 15.6 Å². The molecule has 0 saturated carbocycles. The van der Waals surface area contributed by atoms with Crippen LogP contribution in [0.25, 0.3) is 6.08 Å². The van der Waals surface area contributed by atoms with Gasteiger partial charge >= 0.3 is 0 Å². The van der Waals surface area contributed by atoms with Gasteiger partial charge in [-0.1, -0.05) is 29.8 Å². The number of anilines is 2. The molecule has 0 radical (unpaired) electrons. The number of nitrogens with one attached hydrogen (secondary N) is 2. The smallest absolute Gasteiger partial charge is 0.255 e. The van der Waals surface area contributed by atoms with Crippen LogP contribution >= 0.6 is 0 Å². The van der Waals surface area contributed by atoms with E-state index in [0.717, 1.165) is 22.4 Å². The lowest BCUT2D eigenvalue weighted by Gasteiger charge is -2.10. The first-order valence-electron chi connectivity index (χ1n) is 8.89. The number of hydrogen-bond donors (Lipinski definition) is 2. The molecule has 0 atom stereocenters. The van der Waals surface area contributed by atoms with Gasteiger partial charge in [0.15, 0.2) is 0 Å². The van der Waals surface area contributed by atoms with Crippen LogP contribution in [0.2, 0.25) is 0 Å². The standard InChI is InChI=1S/C23H21N3O2/c1-16-5-10-20(11-6-16)25-23(28)19-9-7-17(2)21(14-19)26-22(27)12-8-18-4-3-13-24-15-18/h3-15H,1-2H3,(H,25,28)(H,26,27)/b12-8+. The highest BCUT2D eigenvalue weighted by atomic mass is 16.2. The Kier molecular flexibility index (Phi) is 5.97. The van der Waals surface area contributed by atoms with E-state index in [0.29, 0.717) is 11.3 Å². The molecule has 1 aromatic heterocycles. The van der Waals surface area contributed by atoms with Crippen molar-refractivity contribution in [3.63, 3.8) is 0 Å².